The first-order valence-electron chi connectivity index (χ1n) is 11.7. The summed E-state index contributed by atoms with van der Waals surface area (Å²) in [7, 11) is 0. The number of carbonyl (C=O) groups excluding carboxylic acids is 1. The predicted molar refractivity (Wildman–Crippen MR) is 139 cm³/mol. The first-order valence-corrected chi connectivity index (χ1v) is 11.7. The van der Waals surface area contributed by atoms with Crippen molar-refractivity contribution < 1.29 is 4.79 Å². The molecular formula is C27H22N8O. The highest BCUT2D eigenvalue weighted by Crippen LogP contribution is 2.32. The van der Waals surface area contributed by atoms with Crippen LogP contribution in [0, 0.1) is 0 Å². The van der Waals surface area contributed by atoms with E-state index in [1.807, 2.05) is 55.6 Å². The zero-order valence-corrected chi connectivity index (χ0v) is 19.5. The van der Waals surface area contributed by atoms with Gasteiger partial charge in [-0.3, -0.25) is 19.9 Å². The molecule has 0 unspecified atom stereocenters. The number of hydrogen-bond donors (Lipinski definition) is 3. The van der Waals surface area contributed by atoms with Crippen LogP contribution >= 0.6 is 0 Å². The predicted octanol–water partition coefficient (Wildman–Crippen LogP) is 5.36. The van der Waals surface area contributed by atoms with E-state index in [4.69, 9.17) is 4.98 Å². The molecule has 0 spiro atoms. The van der Waals surface area contributed by atoms with Crippen LogP contribution in [0.5, 0.6) is 0 Å². The highest BCUT2D eigenvalue weighted by Gasteiger charge is 2.16. The van der Waals surface area contributed by atoms with E-state index >= 15 is 0 Å². The molecule has 1 aromatic carbocycles. The number of amides is 1. The van der Waals surface area contributed by atoms with Gasteiger partial charge in [-0.05, 0) is 42.3 Å². The van der Waals surface area contributed by atoms with Crippen molar-refractivity contribution in [2.24, 2.45) is 0 Å². The summed E-state index contributed by atoms with van der Waals surface area (Å²) in [6, 6.07) is 13.8. The lowest BCUT2D eigenvalue weighted by molar-refractivity contribution is -0.116. The van der Waals surface area contributed by atoms with Gasteiger partial charge in [0.25, 0.3) is 0 Å². The molecule has 5 aromatic heterocycles. The van der Waals surface area contributed by atoms with Gasteiger partial charge in [0.1, 0.15) is 5.69 Å². The molecule has 6 aromatic rings. The van der Waals surface area contributed by atoms with Crippen LogP contribution < -0.4 is 5.32 Å². The van der Waals surface area contributed by atoms with Crippen molar-refractivity contribution in [1.29, 1.82) is 0 Å². The average molecular weight is 475 g/mol. The molecule has 3 N–H and O–H groups in total. The zero-order valence-electron chi connectivity index (χ0n) is 19.5. The molecule has 0 aliphatic rings. The van der Waals surface area contributed by atoms with Crippen molar-refractivity contribution in [3.8, 4) is 33.8 Å². The lowest BCUT2D eigenvalue weighted by Gasteiger charge is -2.07. The lowest BCUT2D eigenvalue weighted by atomic mass is 10.0. The Morgan fingerprint density at radius 3 is 2.75 bits per heavy atom. The third kappa shape index (κ3) is 3.96. The van der Waals surface area contributed by atoms with Gasteiger partial charge in [0, 0.05) is 53.3 Å². The van der Waals surface area contributed by atoms with Crippen LogP contribution in [0.15, 0.2) is 73.4 Å². The highest BCUT2D eigenvalue weighted by atomic mass is 16.1. The second-order valence-corrected chi connectivity index (χ2v) is 8.48. The van der Waals surface area contributed by atoms with E-state index < -0.39 is 0 Å². The topological polar surface area (TPSA) is 125 Å². The molecule has 36 heavy (non-hydrogen) atoms. The molecule has 176 valence electrons. The maximum Gasteiger partial charge on any atom is 0.224 e. The molecular weight excluding hydrogens is 452 g/mol. The standard InChI is InChI=1S/C27H22N8O/c1-2-4-23(36)31-19-11-18(14-29-15-19)16-6-7-22-21(12-16)25(35-34-22)27-32-24-20(8-10-30-26(24)33-27)17-5-3-9-28-13-17/h3,5-15H,2,4H2,1H3,(H,31,36)(H,34,35)(H,30,32,33). The smallest absolute Gasteiger partial charge is 0.224 e. The Balaban J connectivity index is 1.40. The number of hydrogen-bond acceptors (Lipinski definition) is 6. The van der Waals surface area contributed by atoms with Crippen LogP contribution in [-0.2, 0) is 4.79 Å². The monoisotopic (exact) mass is 474 g/mol. The van der Waals surface area contributed by atoms with Crippen molar-refractivity contribution >= 4 is 33.7 Å². The summed E-state index contributed by atoms with van der Waals surface area (Å²) in [5.41, 5.74) is 7.49. The Morgan fingerprint density at radius 2 is 1.89 bits per heavy atom. The van der Waals surface area contributed by atoms with E-state index in [9.17, 15) is 4.79 Å². The summed E-state index contributed by atoms with van der Waals surface area (Å²) in [5, 5.41) is 11.5. The maximum absolute atomic E-state index is 12.0. The molecule has 1 amide bonds. The number of benzene rings is 1. The van der Waals surface area contributed by atoms with Crippen molar-refractivity contribution in [2.75, 3.05) is 5.32 Å². The Kier molecular flexibility index (Phi) is 5.42. The number of H-pyrrole nitrogens is 2. The van der Waals surface area contributed by atoms with E-state index in [1.54, 1.807) is 24.8 Å². The number of fused-ring (bicyclic) bond motifs is 2. The van der Waals surface area contributed by atoms with E-state index in [2.05, 4.69) is 35.5 Å². The van der Waals surface area contributed by atoms with Crippen LogP contribution in [-0.4, -0.2) is 41.0 Å². The van der Waals surface area contributed by atoms with Crippen molar-refractivity contribution in [3.05, 3.63) is 73.4 Å². The third-order valence-electron chi connectivity index (χ3n) is 5.98. The number of anilines is 1. The van der Waals surface area contributed by atoms with Crippen molar-refractivity contribution in [2.45, 2.75) is 19.8 Å². The lowest BCUT2D eigenvalue weighted by Crippen LogP contribution is -2.10. The van der Waals surface area contributed by atoms with Gasteiger partial charge >= 0.3 is 0 Å². The summed E-state index contributed by atoms with van der Waals surface area (Å²) >= 11 is 0. The average Bonchev–Trinajstić information content (AvgIpc) is 3.53. The van der Waals surface area contributed by atoms with E-state index in [-0.39, 0.29) is 5.91 Å². The fourth-order valence-electron chi connectivity index (χ4n) is 4.28. The molecule has 0 aliphatic heterocycles. The molecule has 0 fully saturated rings. The minimum Gasteiger partial charge on any atom is -0.335 e. The second-order valence-electron chi connectivity index (χ2n) is 8.48. The van der Waals surface area contributed by atoms with Crippen LogP contribution in [0.2, 0.25) is 0 Å². The number of carbonyl (C=O) groups is 1. The Morgan fingerprint density at radius 1 is 0.972 bits per heavy atom. The minimum absolute atomic E-state index is 0.0202. The Labute approximate surface area is 206 Å². The van der Waals surface area contributed by atoms with Gasteiger partial charge in [-0.25, -0.2) is 9.97 Å². The number of imidazole rings is 1. The van der Waals surface area contributed by atoms with Crippen molar-refractivity contribution in [3.63, 3.8) is 0 Å². The highest BCUT2D eigenvalue weighted by molar-refractivity contribution is 5.97. The number of pyridine rings is 3. The molecule has 9 heteroatoms. The Bertz CT molecular complexity index is 1700. The summed E-state index contributed by atoms with van der Waals surface area (Å²) in [5.74, 6) is 0.601. The molecule has 0 aliphatic carbocycles. The number of aromatic amines is 2. The van der Waals surface area contributed by atoms with Gasteiger partial charge in [0.05, 0.1) is 22.9 Å². The molecule has 6 rings (SSSR count). The number of nitrogens with one attached hydrogen (secondary N) is 3. The first-order chi connectivity index (χ1) is 17.7. The largest absolute Gasteiger partial charge is 0.335 e. The normalized spacial score (nSPS) is 11.2. The summed E-state index contributed by atoms with van der Waals surface area (Å²) in [6.45, 7) is 1.98. The molecule has 0 bridgehead atoms. The molecule has 0 radical (unpaired) electrons. The number of nitrogens with zero attached hydrogens (tertiary/aromatic N) is 5. The molecule has 0 saturated carbocycles. The van der Waals surface area contributed by atoms with Crippen molar-refractivity contribution in [1.82, 2.24) is 35.1 Å². The molecule has 9 nitrogen and oxygen atoms in total. The van der Waals surface area contributed by atoms with E-state index in [0.717, 1.165) is 45.1 Å². The number of aromatic nitrogens is 7. The summed E-state index contributed by atoms with van der Waals surface area (Å²) in [4.78, 5) is 33.2. The van der Waals surface area contributed by atoms with Gasteiger partial charge in [0.2, 0.25) is 5.91 Å². The fraction of sp³-hybridized carbons (Fsp3) is 0.111. The van der Waals surface area contributed by atoms with E-state index in [0.29, 0.717) is 29.3 Å². The second kappa shape index (κ2) is 9.03. The molecule has 0 saturated heterocycles. The maximum atomic E-state index is 12.0. The third-order valence-corrected chi connectivity index (χ3v) is 5.98. The zero-order chi connectivity index (χ0) is 24.5. The van der Waals surface area contributed by atoms with Crippen LogP contribution in [0.4, 0.5) is 5.69 Å². The van der Waals surface area contributed by atoms with Crippen LogP contribution in [0.1, 0.15) is 19.8 Å². The quantitative estimate of drug-likeness (QED) is 0.298. The molecule has 0 atom stereocenters. The SMILES string of the molecule is CCCC(=O)Nc1cncc(-c2ccc3[nH]nc(-c4nc5nccc(-c6cccnc6)c5[nH]4)c3c2)c1. The van der Waals surface area contributed by atoms with Crippen LogP contribution in [0.3, 0.4) is 0 Å². The van der Waals surface area contributed by atoms with Gasteiger partial charge in [0.15, 0.2) is 11.5 Å². The number of rotatable bonds is 6. The van der Waals surface area contributed by atoms with Crippen LogP contribution in [0.25, 0.3) is 55.8 Å². The first kappa shape index (κ1) is 21.6. The van der Waals surface area contributed by atoms with E-state index in [1.165, 1.54) is 0 Å². The Hall–Kier alpha value is -4.92. The van der Waals surface area contributed by atoms with Gasteiger partial charge < -0.3 is 10.3 Å². The fourth-order valence-corrected chi connectivity index (χ4v) is 4.28. The van der Waals surface area contributed by atoms with Gasteiger partial charge in [-0.1, -0.05) is 19.1 Å². The summed E-state index contributed by atoms with van der Waals surface area (Å²) < 4.78 is 0. The summed E-state index contributed by atoms with van der Waals surface area (Å²) in [6.07, 6.45) is 10.0. The molecule has 5 heterocycles. The minimum atomic E-state index is -0.0202. The van der Waals surface area contributed by atoms with Gasteiger partial charge in [-0.15, -0.1) is 0 Å². The van der Waals surface area contributed by atoms with Gasteiger partial charge in [-0.2, -0.15) is 5.10 Å².